The van der Waals surface area contributed by atoms with E-state index in [1.807, 2.05) is 6.92 Å². The Morgan fingerprint density at radius 2 is 2.07 bits per heavy atom. The highest BCUT2D eigenvalue weighted by atomic mass is 19.2. The zero-order chi connectivity index (χ0) is 21.7. The molecule has 2 aliphatic rings. The van der Waals surface area contributed by atoms with Gasteiger partial charge in [-0.15, -0.1) is 0 Å². The van der Waals surface area contributed by atoms with E-state index in [0.717, 1.165) is 24.6 Å². The molecule has 3 heterocycles. The van der Waals surface area contributed by atoms with Crippen LogP contribution in [-0.2, 0) is 19.8 Å². The molecule has 162 valence electrons. The van der Waals surface area contributed by atoms with E-state index in [2.05, 4.69) is 15.0 Å². The number of methoxy groups -OCH3 is 1. The van der Waals surface area contributed by atoms with Gasteiger partial charge in [0.15, 0.2) is 11.6 Å². The van der Waals surface area contributed by atoms with Crippen LogP contribution in [0.15, 0.2) is 36.5 Å². The van der Waals surface area contributed by atoms with Crippen molar-refractivity contribution >= 4 is 11.6 Å². The zero-order valence-corrected chi connectivity index (χ0v) is 16.9. The van der Waals surface area contributed by atoms with Gasteiger partial charge in [0.25, 0.3) is 5.91 Å². The Balaban J connectivity index is 0.000000216. The summed E-state index contributed by atoms with van der Waals surface area (Å²) in [5.41, 5.74) is 7.04. The molecule has 2 saturated heterocycles. The third-order valence-electron chi connectivity index (χ3n) is 4.92. The first-order chi connectivity index (χ1) is 14.3. The number of nitrogens with two attached hydrogens (primary N) is 1. The van der Waals surface area contributed by atoms with E-state index in [1.165, 1.54) is 19.2 Å². The summed E-state index contributed by atoms with van der Waals surface area (Å²) in [6.45, 7) is 2.90. The van der Waals surface area contributed by atoms with Gasteiger partial charge in [-0.05, 0) is 44.0 Å². The lowest BCUT2D eigenvalue weighted by Crippen LogP contribution is -2.54. The molecular weight excluding hydrogens is 396 g/mol. The van der Waals surface area contributed by atoms with Gasteiger partial charge in [0, 0.05) is 11.9 Å². The molecule has 0 aliphatic carbocycles. The van der Waals surface area contributed by atoms with Gasteiger partial charge in [0.2, 0.25) is 5.82 Å². The SMILES string of the molecule is CC1CCC(C(=O)Nc2ccnc(C3(N)COC3)c2)O1.COc1cccc(F)c1F. The Bertz CT molecular complexity index is 892. The van der Waals surface area contributed by atoms with Crippen LogP contribution in [-0.4, -0.2) is 43.4 Å². The van der Waals surface area contributed by atoms with E-state index in [9.17, 15) is 13.6 Å². The summed E-state index contributed by atoms with van der Waals surface area (Å²) < 4.78 is 40.0. The van der Waals surface area contributed by atoms with Crippen LogP contribution < -0.4 is 15.8 Å². The van der Waals surface area contributed by atoms with Crippen molar-refractivity contribution in [3.05, 3.63) is 53.9 Å². The number of ether oxygens (including phenoxy) is 3. The van der Waals surface area contributed by atoms with E-state index < -0.39 is 17.2 Å². The highest BCUT2D eigenvalue weighted by Crippen LogP contribution is 2.27. The molecule has 4 rings (SSSR count). The number of benzene rings is 1. The lowest BCUT2D eigenvalue weighted by molar-refractivity contribution is -0.126. The normalized spacial score (nSPS) is 21.8. The van der Waals surface area contributed by atoms with Gasteiger partial charge in [0.05, 0.1) is 32.1 Å². The van der Waals surface area contributed by atoms with Crippen LogP contribution in [0.25, 0.3) is 0 Å². The number of halogens is 2. The molecule has 3 N–H and O–H groups in total. The maximum atomic E-state index is 12.5. The zero-order valence-electron chi connectivity index (χ0n) is 16.9. The first kappa shape index (κ1) is 22.1. The number of nitrogens with zero attached hydrogens (tertiary/aromatic N) is 1. The van der Waals surface area contributed by atoms with Crippen LogP contribution >= 0.6 is 0 Å². The number of pyridine rings is 1. The highest BCUT2D eigenvalue weighted by Gasteiger charge is 2.37. The van der Waals surface area contributed by atoms with Crippen molar-refractivity contribution in [2.75, 3.05) is 25.6 Å². The van der Waals surface area contributed by atoms with E-state index in [1.54, 1.807) is 18.3 Å². The number of hydrogen-bond acceptors (Lipinski definition) is 6. The van der Waals surface area contributed by atoms with Crippen molar-refractivity contribution in [2.24, 2.45) is 5.73 Å². The van der Waals surface area contributed by atoms with Gasteiger partial charge in [0.1, 0.15) is 11.6 Å². The van der Waals surface area contributed by atoms with Gasteiger partial charge in [-0.2, -0.15) is 4.39 Å². The van der Waals surface area contributed by atoms with E-state index in [4.69, 9.17) is 15.2 Å². The monoisotopic (exact) mass is 421 g/mol. The summed E-state index contributed by atoms with van der Waals surface area (Å²) in [6, 6.07) is 7.34. The van der Waals surface area contributed by atoms with Gasteiger partial charge in [-0.25, -0.2) is 4.39 Å². The average Bonchev–Trinajstić information content (AvgIpc) is 3.15. The lowest BCUT2D eigenvalue weighted by Gasteiger charge is -2.37. The minimum atomic E-state index is -0.940. The third-order valence-corrected chi connectivity index (χ3v) is 4.92. The second kappa shape index (κ2) is 9.46. The number of amides is 1. The van der Waals surface area contributed by atoms with E-state index in [0.29, 0.717) is 18.9 Å². The molecule has 2 aliphatic heterocycles. The van der Waals surface area contributed by atoms with Crippen molar-refractivity contribution < 1.29 is 27.8 Å². The Morgan fingerprint density at radius 1 is 1.30 bits per heavy atom. The van der Waals surface area contributed by atoms with Gasteiger partial charge in [-0.3, -0.25) is 9.78 Å². The van der Waals surface area contributed by atoms with Crippen molar-refractivity contribution in [3.63, 3.8) is 0 Å². The van der Waals surface area contributed by atoms with Crippen molar-refractivity contribution in [1.82, 2.24) is 4.98 Å². The van der Waals surface area contributed by atoms with Crippen molar-refractivity contribution in [3.8, 4) is 5.75 Å². The van der Waals surface area contributed by atoms with Crippen LogP contribution in [0.3, 0.4) is 0 Å². The molecule has 2 fully saturated rings. The summed E-state index contributed by atoms with van der Waals surface area (Å²) >= 11 is 0. The first-order valence-electron chi connectivity index (χ1n) is 9.60. The minimum absolute atomic E-state index is 0.0694. The number of nitrogens with one attached hydrogen (secondary N) is 1. The molecule has 1 aromatic heterocycles. The van der Waals surface area contributed by atoms with Crippen molar-refractivity contribution in [2.45, 2.75) is 37.5 Å². The predicted octanol–water partition coefficient (Wildman–Crippen LogP) is 2.75. The van der Waals surface area contributed by atoms with Crippen LogP contribution in [0.1, 0.15) is 25.5 Å². The number of aromatic nitrogens is 1. The standard InChI is InChI=1S/C14H19N3O3.C7H6F2O/c1-9-2-3-11(20-9)13(18)17-10-4-5-16-12(6-10)14(15)7-19-8-14;1-10-6-4-2-3-5(8)7(6)9/h4-6,9,11H,2-3,7-8,15H2,1H3,(H,16,17,18);2-4H,1H3. The summed E-state index contributed by atoms with van der Waals surface area (Å²) in [6.07, 6.45) is 3.12. The molecule has 0 spiro atoms. The minimum Gasteiger partial charge on any atom is -0.494 e. The fraction of sp³-hybridized carbons (Fsp3) is 0.429. The maximum Gasteiger partial charge on any atom is 0.253 e. The van der Waals surface area contributed by atoms with Crippen LogP contribution in [0, 0.1) is 11.6 Å². The fourth-order valence-corrected chi connectivity index (χ4v) is 3.11. The molecule has 0 bridgehead atoms. The molecule has 7 nitrogen and oxygen atoms in total. The summed E-state index contributed by atoms with van der Waals surface area (Å²) in [4.78, 5) is 16.4. The number of carbonyl (C=O) groups excluding carboxylic acids is 1. The number of hydrogen-bond donors (Lipinski definition) is 2. The second-order valence-electron chi connectivity index (χ2n) is 7.34. The molecule has 1 aromatic carbocycles. The van der Waals surface area contributed by atoms with E-state index >= 15 is 0 Å². The highest BCUT2D eigenvalue weighted by molar-refractivity contribution is 5.94. The maximum absolute atomic E-state index is 12.5. The van der Waals surface area contributed by atoms with Crippen LogP contribution in [0.5, 0.6) is 5.75 Å². The molecule has 9 heteroatoms. The van der Waals surface area contributed by atoms with Gasteiger partial charge >= 0.3 is 0 Å². The molecule has 2 unspecified atom stereocenters. The molecule has 2 atom stereocenters. The topological polar surface area (TPSA) is 95.7 Å². The average molecular weight is 421 g/mol. The Hall–Kier alpha value is -2.62. The predicted molar refractivity (Wildman–Crippen MR) is 106 cm³/mol. The number of anilines is 1. The third kappa shape index (κ3) is 5.10. The number of carbonyl (C=O) groups is 1. The first-order valence-corrected chi connectivity index (χ1v) is 9.60. The van der Waals surface area contributed by atoms with Gasteiger partial charge in [-0.1, -0.05) is 6.07 Å². The van der Waals surface area contributed by atoms with E-state index in [-0.39, 0.29) is 23.9 Å². The van der Waals surface area contributed by atoms with Crippen molar-refractivity contribution in [1.29, 1.82) is 0 Å². The fourth-order valence-electron chi connectivity index (χ4n) is 3.11. The summed E-state index contributed by atoms with van der Waals surface area (Å²) in [5.74, 6) is -2.01. The molecule has 2 aromatic rings. The number of rotatable bonds is 4. The smallest absolute Gasteiger partial charge is 0.253 e. The quantitative estimate of drug-likeness (QED) is 0.788. The second-order valence-corrected chi connectivity index (χ2v) is 7.34. The lowest BCUT2D eigenvalue weighted by atomic mass is 9.94. The van der Waals surface area contributed by atoms with Gasteiger partial charge < -0.3 is 25.3 Å². The molecular formula is C21H25F2N3O4. The largest absolute Gasteiger partial charge is 0.494 e. The Labute approximate surface area is 173 Å². The molecule has 30 heavy (non-hydrogen) atoms. The molecule has 1 amide bonds. The van der Waals surface area contributed by atoms with Crippen LogP contribution in [0.2, 0.25) is 0 Å². The molecule has 0 saturated carbocycles. The van der Waals surface area contributed by atoms with Crippen LogP contribution in [0.4, 0.5) is 14.5 Å². The Morgan fingerprint density at radius 3 is 2.63 bits per heavy atom. The summed E-state index contributed by atoms with van der Waals surface area (Å²) in [7, 11) is 1.29. The summed E-state index contributed by atoms with van der Waals surface area (Å²) in [5, 5.41) is 2.86. The molecule has 0 radical (unpaired) electrons. The Kier molecular flexibility index (Phi) is 6.96.